The summed E-state index contributed by atoms with van der Waals surface area (Å²) in [6, 6.07) is 0. The molecule has 18 heavy (non-hydrogen) atoms. The molecule has 2 fully saturated rings. The van der Waals surface area contributed by atoms with E-state index in [1.807, 2.05) is 0 Å². The number of ether oxygens (including phenoxy) is 1. The number of hydrogen-bond acceptors (Lipinski definition) is 4. The van der Waals surface area contributed by atoms with Crippen LogP contribution in [0.3, 0.4) is 0 Å². The largest absolute Gasteiger partial charge is 0.393 e. The minimum absolute atomic E-state index is 0.187. The third kappa shape index (κ3) is 3.91. The van der Waals surface area contributed by atoms with E-state index in [-0.39, 0.29) is 11.4 Å². The minimum Gasteiger partial charge on any atom is -0.393 e. The Morgan fingerprint density at radius 2 is 1.67 bits per heavy atom. The van der Waals surface area contributed by atoms with Crippen molar-refractivity contribution in [3.8, 4) is 0 Å². The van der Waals surface area contributed by atoms with Crippen molar-refractivity contribution in [2.75, 3.05) is 19.8 Å². The molecule has 0 aromatic heterocycles. The molecule has 1 heterocycles. The van der Waals surface area contributed by atoms with Crippen LogP contribution in [0.4, 0.5) is 0 Å². The van der Waals surface area contributed by atoms with Gasteiger partial charge in [-0.05, 0) is 44.4 Å². The lowest BCUT2D eigenvalue weighted by molar-refractivity contribution is 0.0978. The molecule has 2 aliphatic rings. The predicted octanol–water partition coefficient (Wildman–Crippen LogP) is 0.636. The molecule has 0 amide bonds. The quantitative estimate of drug-likeness (QED) is 0.790. The van der Waals surface area contributed by atoms with Crippen LogP contribution in [0.15, 0.2) is 0 Å². The average Bonchev–Trinajstić information content (AvgIpc) is 2.39. The first-order chi connectivity index (χ1) is 8.58. The van der Waals surface area contributed by atoms with Gasteiger partial charge in [-0.2, -0.15) is 0 Å². The van der Waals surface area contributed by atoms with Crippen molar-refractivity contribution in [1.82, 2.24) is 4.72 Å². The molecule has 0 bridgehead atoms. The maximum absolute atomic E-state index is 12.1. The first-order valence-corrected chi connectivity index (χ1v) is 8.37. The summed E-state index contributed by atoms with van der Waals surface area (Å²) in [5.41, 5.74) is 0. The van der Waals surface area contributed by atoms with E-state index in [1.54, 1.807) is 0 Å². The van der Waals surface area contributed by atoms with E-state index in [2.05, 4.69) is 4.72 Å². The Bertz CT molecular complexity index is 343. The number of aliphatic hydroxyl groups excluding tert-OH is 1. The van der Waals surface area contributed by atoms with Gasteiger partial charge in [-0.3, -0.25) is 0 Å². The van der Waals surface area contributed by atoms with E-state index in [0.29, 0.717) is 38.5 Å². The van der Waals surface area contributed by atoms with Gasteiger partial charge >= 0.3 is 0 Å². The van der Waals surface area contributed by atoms with Crippen molar-refractivity contribution in [3.63, 3.8) is 0 Å². The van der Waals surface area contributed by atoms with Crippen LogP contribution in [0.1, 0.15) is 38.5 Å². The Hall–Kier alpha value is -0.170. The van der Waals surface area contributed by atoms with E-state index < -0.39 is 10.0 Å². The van der Waals surface area contributed by atoms with Crippen LogP contribution in [0.25, 0.3) is 0 Å². The number of sulfonamides is 1. The molecular weight excluding hydrogens is 254 g/mol. The molecule has 106 valence electrons. The molecule has 0 radical (unpaired) electrons. The van der Waals surface area contributed by atoms with E-state index in [9.17, 15) is 13.5 Å². The molecular formula is C12H23NO4S. The van der Waals surface area contributed by atoms with Gasteiger partial charge in [0.15, 0.2) is 0 Å². The van der Waals surface area contributed by atoms with Gasteiger partial charge in [-0.25, -0.2) is 13.1 Å². The molecule has 2 rings (SSSR count). The van der Waals surface area contributed by atoms with Crippen molar-refractivity contribution >= 4 is 10.0 Å². The van der Waals surface area contributed by atoms with Crippen molar-refractivity contribution < 1.29 is 18.3 Å². The van der Waals surface area contributed by atoms with Gasteiger partial charge in [0, 0.05) is 19.8 Å². The highest BCUT2D eigenvalue weighted by molar-refractivity contribution is 7.90. The molecule has 2 N–H and O–H groups in total. The summed E-state index contributed by atoms with van der Waals surface area (Å²) >= 11 is 0. The van der Waals surface area contributed by atoms with Gasteiger partial charge in [0.1, 0.15) is 0 Å². The van der Waals surface area contributed by atoms with Gasteiger partial charge < -0.3 is 9.84 Å². The predicted molar refractivity (Wildman–Crippen MR) is 68.7 cm³/mol. The number of hydrogen-bond donors (Lipinski definition) is 2. The molecule has 5 nitrogen and oxygen atoms in total. The van der Waals surface area contributed by atoms with Crippen LogP contribution in [0.2, 0.25) is 0 Å². The lowest BCUT2D eigenvalue weighted by Crippen LogP contribution is -2.40. The Morgan fingerprint density at radius 1 is 1.06 bits per heavy atom. The molecule has 0 aromatic carbocycles. The molecule has 1 saturated heterocycles. The monoisotopic (exact) mass is 277 g/mol. The van der Waals surface area contributed by atoms with Gasteiger partial charge in [0.25, 0.3) is 0 Å². The molecule has 0 unspecified atom stereocenters. The number of aliphatic hydroxyl groups is 1. The molecule has 1 aliphatic carbocycles. The second-order valence-corrected chi connectivity index (χ2v) is 7.43. The SMILES string of the molecule is O=S(=O)(NCC1CCC(O)CC1)C1CCOCC1. The van der Waals surface area contributed by atoms with Crippen LogP contribution in [0.5, 0.6) is 0 Å². The van der Waals surface area contributed by atoms with Crippen LogP contribution < -0.4 is 4.72 Å². The molecule has 1 aliphatic heterocycles. The maximum Gasteiger partial charge on any atom is 0.214 e. The fraction of sp³-hybridized carbons (Fsp3) is 1.00. The summed E-state index contributed by atoms with van der Waals surface area (Å²) in [5.74, 6) is 0.378. The summed E-state index contributed by atoms with van der Waals surface area (Å²) in [7, 11) is -3.19. The van der Waals surface area contributed by atoms with Gasteiger partial charge in [-0.15, -0.1) is 0 Å². The van der Waals surface area contributed by atoms with E-state index >= 15 is 0 Å². The minimum atomic E-state index is -3.19. The summed E-state index contributed by atoms with van der Waals surface area (Å²) < 4.78 is 32.1. The standard InChI is InChI=1S/C12H23NO4S/c14-11-3-1-10(2-4-11)9-13-18(15,16)12-5-7-17-8-6-12/h10-14H,1-9H2. The average molecular weight is 277 g/mol. The zero-order chi connectivity index (χ0) is 13.0. The normalized spacial score (nSPS) is 31.4. The molecule has 6 heteroatoms. The van der Waals surface area contributed by atoms with Gasteiger partial charge in [0.2, 0.25) is 10.0 Å². The first-order valence-electron chi connectivity index (χ1n) is 6.82. The lowest BCUT2D eigenvalue weighted by Gasteiger charge is -2.27. The third-order valence-electron chi connectivity index (χ3n) is 4.00. The summed E-state index contributed by atoms with van der Waals surface area (Å²) in [6.07, 6.45) is 4.42. The van der Waals surface area contributed by atoms with Crippen LogP contribution in [-0.4, -0.2) is 44.6 Å². The fourth-order valence-corrected chi connectivity index (χ4v) is 4.20. The molecule has 0 spiro atoms. The highest BCUT2D eigenvalue weighted by atomic mass is 32.2. The van der Waals surface area contributed by atoms with Crippen molar-refractivity contribution in [2.45, 2.75) is 49.9 Å². The second kappa shape index (κ2) is 6.32. The first kappa shape index (κ1) is 14.2. The number of rotatable bonds is 4. The van der Waals surface area contributed by atoms with Crippen molar-refractivity contribution in [1.29, 1.82) is 0 Å². The smallest absolute Gasteiger partial charge is 0.214 e. The number of nitrogens with one attached hydrogen (secondary N) is 1. The Kier molecular flexibility index (Phi) is 5.00. The topological polar surface area (TPSA) is 75.6 Å². The Balaban J connectivity index is 1.77. The van der Waals surface area contributed by atoms with Gasteiger partial charge in [-0.1, -0.05) is 0 Å². The second-order valence-electron chi connectivity index (χ2n) is 5.38. The summed E-state index contributed by atoms with van der Waals surface area (Å²) in [4.78, 5) is 0. The maximum atomic E-state index is 12.1. The lowest BCUT2D eigenvalue weighted by atomic mass is 9.88. The van der Waals surface area contributed by atoms with Crippen LogP contribution >= 0.6 is 0 Å². The van der Waals surface area contributed by atoms with E-state index in [1.165, 1.54) is 0 Å². The highest BCUT2D eigenvalue weighted by Crippen LogP contribution is 2.24. The summed E-state index contributed by atoms with van der Waals surface area (Å²) in [5, 5.41) is 9.12. The molecule has 0 atom stereocenters. The van der Waals surface area contributed by atoms with Crippen molar-refractivity contribution in [2.24, 2.45) is 5.92 Å². The zero-order valence-corrected chi connectivity index (χ0v) is 11.5. The van der Waals surface area contributed by atoms with E-state index in [4.69, 9.17) is 4.74 Å². The summed E-state index contributed by atoms with van der Waals surface area (Å²) in [6.45, 7) is 1.61. The molecule has 0 aromatic rings. The zero-order valence-electron chi connectivity index (χ0n) is 10.7. The third-order valence-corrected chi connectivity index (χ3v) is 5.91. The van der Waals surface area contributed by atoms with Crippen LogP contribution in [0, 0.1) is 5.92 Å². The van der Waals surface area contributed by atoms with Gasteiger partial charge in [0.05, 0.1) is 11.4 Å². The van der Waals surface area contributed by atoms with Crippen molar-refractivity contribution in [3.05, 3.63) is 0 Å². The fourth-order valence-electron chi connectivity index (χ4n) is 2.69. The highest BCUT2D eigenvalue weighted by Gasteiger charge is 2.28. The molecule has 1 saturated carbocycles. The van der Waals surface area contributed by atoms with Crippen LogP contribution in [-0.2, 0) is 14.8 Å². The Labute approximate surface area is 109 Å². The van der Waals surface area contributed by atoms with E-state index in [0.717, 1.165) is 25.7 Å². The Morgan fingerprint density at radius 3 is 2.28 bits per heavy atom.